The maximum Gasteiger partial charge on any atom is 0.245 e. The van der Waals surface area contributed by atoms with Crippen molar-refractivity contribution in [2.24, 2.45) is 7.05 Å². The number of amides is 2. The van der Waals surface area contributed by atoms with Crippen molar-refractivity contribution >= 4 is 11.8 Å². The van der Waals surface area contributed by atoms with E-state index in [0.29, 0.717) is 5.82 Å². The van der Waals surface area contributed by atoms with Crippen LogP contribution in [-0.4, -0.2) is 43.6 Å². The summed E-state index contributed by atoms with van der Waals surface area (Å²) in [6.07, 6.45) is 1.43. The number of nitrogens with zero attached hydrogens (tertiary/aromatic N) is 4. The quantitative estimate of drug-likeness (QED) is 0.719. The van der Waals surface area contributed by atoms with Gasteiger partial charge >= 0.3 is 0 Å². The second kappa shape index (κ2) is 3.83. The SMILES string of the molecule is Cn1ncnc1CN1C(=O)CNC(=O)C1(C)C. The zero-order valence-electron chi connectivity index (χ0n) is 10.1. The molecule has 1 aromatic heterocycles. The summed E-state index contributed by atoms with van der Waals surface area (Å²) in [5, 5.41) is 6.51. The molecule has 0 radical (unpaired) electrons. The molecule has 1 aromatic rings. The standard InChI is InChI=1S/C10H15N5O2/c1-10(2)9(17)11-4-8(16)15(10)5-7-12-6-13-14(7)3/h6H,4-5H2,1-3H3,(H,11,17). The van der Waals surface area contributed by atoms with Gasteiger partial charge in [-0.2, -0.15) is 5.10 Å². The minimum Gasteiger partial charge on any atom is -0.345 e. The minimum atomic E-state index is -0.860. The van der Waals surface area contributed by atoms with Crippen LogP contribution in [0.2, 0.25) is 0 Å². The van der Waals surface area contributed by atoms with E-state index in [9.17, 15) is 9.59 Å². The predicted molar refractivity (Wildman–Crippen MR) is 58.6 cm³/mol. The average molecular weight is 237 g/mol. The first-order valence-electron chi connectivity index (χ1n) is 5.34. The number of rotatable bonds is 2. The van der Waals surface area contributed by atoms with Gasteiger partial charge < -0.3 is 10.2 Å². The highest BCUT2D eigenvalue weighted by atomic mass is 16.2. The van der Waals surface area contributed by atoms with Gasteiger partial charge in [0.05, 0.1) is 13.1 Å². The van der Waals surface area contributed by atoms with Crippen LogP contribution < -0.4 is 5.32 Å². The summed E-state index contributed by atoms with van der Waals surface area (Å²) in [7, 11) is 1.75. The molecule has 2 heterocycles. The fraction of sp³-hybridized carbons (Fsp3) is 0.600. The number of carbonyl (C=O) groups is 2. The third-order valence-electron chi connectivity index (χ3n) is 3.04. The highest BCUT2D eigenvalue weighted by Gasteiger charge is 2.41. The van der Waals surface area contributed by atoms with Gasteiger partial charge in [-0.05, 0) is 13.8 Å². The molecule has 1 aliphatic rings. The Bertz CT molecular complexity index is 465. The maximum atomic E-state index is 11.8. The maximum absolute atomic E-state index is 11.8. The van der Waals surface area contributed by atoms with Crippen LogP contribution in [0.15, 0.2) is 6.33 Å². The second-order valence-electron chi connectivity index (χ2n) is 4.52. The summed E-state index contributed by atoms with van der Waals surface area (Å²) in [4.78, 5) is 29.2. The third kappa shape index (κ3) is 1.88. The molecule has 0 aromatic carbocycles. The Kier molecular flexibility index (Phi) is 2.60. The molecule has 17 heavy (non-hydrogen) atoms. The van der Waals surface area contributed by atoms with E-state index in [0.717, 1.165) is 0 Å². The van der Waals surface area contributed by atoms with E-state index in [2.05, 4.69) is 15.4 Å². The molecule has 2 rings (SSSR count). The number of aromatic nitrogens is 3. The lowest BCUT2D eigenvalue weighted by Gasteiger charge is -2.40. The molecule has 0 spiro atoms. The first kappa shape index (κ1) is 11.6. The average Bonchev–Trinajstić information content (AvgIpc) is 2.65. The van der Waals surface area contributed by atoms with Gasteiger partial charge in [0.15, 0.2) is 0 Å². The monoisotopic (exact) mass is 237 g/mol. The van der Waals surface area contributed by atoms with Crippen molar-refractivity contribution in [3.63, 3.8) is 0 Å². The fourth-order valence-electron chi connectivity index (χ4n) is 1.79. The topological polar surface area (TPSA) is 80.1 Å². The van der Waals surface area contributed by atoms with Crippen LogP contribution in [0, 0.1) is 0 Å². The predicted octanol–water partition coefficient (Wildman–Crippen LogP) is -0.948. The number of hydrogen-bond donors (Lipinski definition) is 1. The van der Waals surface area contributed by atoms with Gasteiger partial charge in [0.1, 0.15) is 17.7 Å². The highest BCUT2D eigenvalue weighted by molar-refractivity contribution is 5.97. The summed E-state index contributed by atoms with van der Waals surface area (Å²) in [6.45, 7) is 3.77. The Balaban J connectivity index is 2.26. The number of nitrogens with one attached hydrogen (secondary N) is 1. The molecule has 0 atom stereocenters. The summed E-state index contributed by atoms with van der Waals surface area (Å²) in [5.74, 6) is 0.387. The Labute approximate surface area is 98.8 Å². The van der Waals surface area contributed by atoms with E-state index in [1.54, 1.807) is 25.6 Å². The van der Waals surface area contributed by atoms with Gasteiger partial charge in [-0.1, -0.05) is 0 Å². The van der Waals surface area contributed by atoms with Gasteiger partial charge in [0, 0.05) is 7.05 Å². The fourth-order valence-corrected chi connectivity index (χ4v) is 1.79. The molecule has 92 valence electrons. The van der Waals surface area contributed by atoms with E-state index in [4.69, 9.17) is 0 Å². The summed E-state index contributed by atoms with van der Waals surface area (Å²) in [6, 6.07) is 0. The summed E-state index contributed by atoms with van der Waals surface area (Å²) in [5.41, 5.74) is -0.860. The van der Waals surface area contributed by atoms with Crippen molar-refractivity contribution in [2.45, 2.75) is 25.9 Å². The van der Waals surface area contributed by atoms with Crippen LogP contribution in [0.25, 0.3) is 0 Å². The van der Waals surface area contributed by atoms with Crippen LogP contribution in [0.1, 0.15) is 19.7 Å². The van der Waals surface area contributed by atoms with Gasteiger partial charge in [0.2, 0.25) is 11.8 Å². The highest BCUT2D eigenvalue weighted by Crippen LogP contribution is 2.20. The van der Waals surface area contributed by atoms with Crippen molar-refractivity contribution in [3.8, 4) is 0 Å². The minimum absolute atomic E-state index is 0.0418. The van der Waals surface area contributed by atoms with Crippen molar-refractivity contribution in [3.05, 3.63) is 12.2 Å². The molecule has 1 N–H and O–H groups in total. The molecule has 0 saturated carbocycles. The summed E-state index contributed by atoms with van der Waals surface area (Å²) >= 11 is 0. The molecule has 1 saturated heterocycles. The Morgan fingerprint density at radius 1 is 1.47 bits per heavy atom. The molecule has 7 heteroatoms. The van der Waals surface area contributed by atoms with Gasteiger partial charge in [-0.3, -0.25) is 14.3 Å². The van der Waals surface area contributed by atoms with Gasteiger partial charge in [0.25, 0.3) is 0 Å². The molecular formula is C10H15N5O2. The van der Waals surface area contributed by atoms with Crippen LogP contribution >= 0.6 is 0 Å². The van der Waals surface area contributed by atoms with E-state index < -0.39 is 5.54 Å². The Morgan fingerprint density at radius 3 is 2.76 bits per heavy atom. The molecule has 0 bridgehead atoms. The zero-order chi connectivity index (χ0) is 12.6. The molecular weight excluding hydrogens is 222 g/mol. The molecule has 7 nitrogen and oxygen atoms in total. The molecule has 2 amide bonds. The van der Waals surface area contributed by atoms with Crippen LogP contribution in [0.5, 0.6) is 0 Å². The number of carbonyl (C=O) groups excluding carboxylic acids is 2. The van der Waals surface area contributed by atoms with E-state index in [1.807, 2.05) is 0 Å². The van der Waals surface area contributed by atoms with Crippen LogP contribution in [-0.2, 0) is 23.2 Å². The number of hydrogen-bond acceptors (Lipinski definition) is 4. The van der Waals surface area contributed by atoms with Crippen molar-refractivity contribution in [1.29, 1.82) is 0 Å². The molecule has 1 aliphatic heterocycles. The van der Waals surface area contributed by atoms with Gasteiger partial charge in [-0.25, -0.2) is 4.98 Å². The van der Waals surface area contributed by atoms with Crippen LogP contribution in [0.3, 0.4) is 0 Å². The second-order valence-corrected chi connectivity index (χ2v) is 4.52. The van der Waals surface area contributed by atoms with Crippen molar-refractivity contribution in [1.82, 2.24) is 25.0 Å². The number of piperazine rings is 1. The normalized spacial score (nSPS) is 19.4. The van der Waals surface area contributed by atoms with E-state index in [1.165, 1.54) is 11.2 Å². The smallest absolute Gasteiger partial charge is 0.245 e. The Morgan fingerprint density at radius 2 is 2.18 bits per heavy atom. The van der Waals surface area contributed by atoms with E-state index in [-0.39, 0.29) is 24.9 Å². The molecule has 1 fully saturated rings. The molecule has 0 aliphatic carbocycles. The lowest BCUT2D eigenvalue weighted by molar-refractivity contribution is -0.152. The largest absolute Gasteiger partial charge is 0.345 e. The number of aryl methyl sites for hydroxylation is 1. The Hall–Kier alpha value is -1.92. The third-order valence-corrected chi connectivity index (χ3v) is 3.04. The van der Waals surface area contributed by atoms with Crippen molar-refractivity contribution < 1.29 is 9.59 Å². The lowest BCUT2D eigenvalue weighted by Crippen LogP contribution is -2.64. The van der Waals surface area contributed by atoms with Crippen LogP contribution in [0.4, 0.5) is 0 Å². The molecule has 0 unspecified atom stereocenters. The lowest BCUT2D eigenvalue weighted by atomic mass is 9.98. The first-order chi connectivity index (χ1) is 7.93. The van der Waals surface area contributed by atoms with E-state index >= 15 is 0 Å². The van der Waals surface area contributed by atoms with Crippen molar-refractivity contribution in [2.75, 3.05) is 6.54 Å². The first-order valence-corrected chi connectivity index (χ1v) is 5.34. The zero-order valence-corrected chi connectivity index (χ0v) is 10.1. The summed E-state index contributed by atoms with van der Waals surface area (Å²) < 4.78 is 1.59. The van der Waals surface area contributed by atoms with Gasteiger partial charge in [-0.15, -0.1) is 0 Å².